The standard InChI is InChI=1S/C13H13N3OS3/c17-11(14-8-1-4-18-5-2-8)10-7-9-12(20-10)15-13-16(9)3-6-19-13/h3,6-8H,1-2,4-5H2,(H,14,17). The maximum absolute atomic E-state index is 12.3. The Hall–Kier alpha value is -1.05. The molecule has 0 aliphatic carbocycles. The van der Waals surface area contributed by atoms with Crippen molar-refractivity contribution in [2.75, 3.05) is 11.5 Å². The molecule has 4 heterocycles. The van der Waals surface area contributed by atoms with Crippen LogP contribution in [-0.4, -0.2) is 32.8 Å². The van der Waals surface area contributed by atoms with Gasteiger partial charge in [0.2, 0.25) is 0 Å². The Kier molecular flexibility index (Phi) is 3.20. The van der Waals surface area contributed by atoms with Crippen LogP contribution >= 0.6 is 34.4 Å². The molecule has 1 fully saturated rings. The van der Waals surface area contributed by atoms with Gasteiger partial charge in [-0.2, -0.15) is 11.8 Å². The highest BCUT2D eigenvalue weighted by atomic mass is 32.2. The summed E-state index contributed by atoms with van der Waals surface area (Å²) in [6, 6.07) is 2.29. The van der Waals surface area contributed by atoms with Gasteiger partial charge in [-0.05, 0) is 30.4 Å². The Morgan fingerprint density at radius 2 is 2.25 bits per heavy atom. The molecule has 0 radical (unpaired) electrons. The number of fused-ring (bicyclic) bond motifs is 3. The maximum atomic E-state index is 12.3. The average Bonchev–Trinajstić information content (AvgIpc) is 3.10. The van der Waals surface area contributed by atoms with Crippen molar-refractivity contribution < 1.29 is 4.79 Å². The number of imidazole rings is 1. The molecule has 0 spiro atoms. The summed E-state index contributed by atoms with van der Waals surface area (Å²) in [7, 11) is 0. The first-order chi connectivity index (χ1) is 9.81. The van der Waals surface area contributed by atoms with Crippen molar-refractivity contribution in [1.82, 2.24) is 14.7 Å². The van der Waals surface area contributed by atoms with E-state index < -0.39 is 0 Å². The van der Waals surface area contributed by atoms with E-state index in [2.05, 4.69) is 10.3 Å². The lowest BCUT2D eigenvalue weighted by Crippen LogP contribution is -2.36. The monoisotopic (exact) mass is 323 g/mol. The van der Waals surface area contributed by atoms with Gasteiger partial charge in [0.1, 0.15) is 4.83 Å². The van der Waals surface area contributed by atoms with Crippen LogP contribution in [0.4, 0.5) is 0 Å². The Bertz CT molecular complexity index is 766. The molecule has 0 bridgehead atoms. The molecule has 3 aromatic heterocycles. The largest absolute Gasteiger partial charge is 0.349 e. The number of carbonyl (C=O) groups is 1. The van der Waals surface area contributed by atoms with Crippen LogP contribution in [0.15, 0.2) is 17.6 Å². The lowest BCUT2D eigenvalue weighted by atomic mass is 10.1. The second-order valence-electron chi connectivity index (χ2n) is 4.83. The van der Waals surface area contributed by atoms with E-state index in [4.69, 9.17) is 0 Å². The van der Waals surface area contributed by atoms with Gasteiger partial charge < -0.3 is 5.32 Å². The number of hydrogen-bond donors (Lipinski definition) is 1. The Morgan fingerprint density at radius 3 is 3.10 bits per heavy atom. The van der Waals surface area contributed by atoms with Crippen molar-refractivity contribution in [2.24, 2.45) is 0 Å². The van der Waals surface area contributed by atoms with Crippen LogP contribution < -0.4 is 5.32 Å². The van der Waals surface area contributed by atoms with Crippen LogP contribution in [0.3, 0.4) is 0 Å². The second-order valence-corrected chi connectivity index (χ2v) is 7.96. The molecular weight excluding hydrogens is 310 g/mol. The maximum Gasteiger partial charge on any atom is 0.261 e. The fourth-order valence-corrected chi connectivity index (χ4v) is 5.27. The highest BCUT2D eigenvalue weighted by molar-refractivity contribution is 7.99. The predicted molar refractivity (Wildman–Crippen MR) is 86.3 cm³/mol. The van der Waals surface area contributed by atoms with Gasteiger partial charge in [0.15, 0.2) is 4.96 Å². The van der Waals surface area contributed by atoms with Gasteiger partial charge in [-0.15, -0.1) is 22.7 Å². The van der Waals surface area contributed by atoms with E-state index in [1.54, 1.807) is 11.3 Å². The van der Waals surface area contributed by atoms with E-state index in [0.717, 1.165) is 44.5 Å². The second kappa shape index (κ2) is 5.05. The van der Waals surface area contributed by atoms with Crippen molar-refractivity contribution in [1.29, 1.82) is 0 Å². The minimum atomic E-state index is 0.0499. The predicted octanol–water partition coefficient (Wildman–Crippen LogP) is 3.24. The number of amides is 1. The molecule has 0 unspecified atom stereocenters. The molecular formula is C13H13N3OS3. The molecule has 1 aliphatic rings. The van der Waals surface area contributed by atoms with Crippen molar-refractivity contribution in [3.05, 3.63) is 22.5 Å². The summed E-state index contributed by atoms with van der Waals surface area (Å²) in [5, 5.41) is 5.16. The van der Waals surface area contributed by atoms with Gasteiger partial charge in [-0.1, -0.05) is 0 Å². The number of carbonyl (C=O) groups excluding carboxylic acids is 1. The fourth-order valence-electron chi connectivity index (χ4n) is 2.46. The number of thiophene rings is 1. The quantitative estimate of drug-likeness (QED) is 0.787. The molecule has 0 atom stereocenters. The van der Waals surface area contributed by atoms with Crippen LogP contribution in [0.5, 0.6) is 0 Å². The number of aromatic nitrogens is 2. The fraction of sp³-hybridized carbons (Fsp3) is 0.385. The first-order valence-corrected chi connectivity index (χ1v) is 9.40. The number of thiazole rings is 1. The van der Waals surface area contributed by atoms with E-state index in [1.807, 2.05) is 33.8 Å². The molecule has 4 nitrogen and oxygen atoms in total. The molecule has 20 heavy (non-hydrogen) atoms. The van der Waals surface area contributed by atoms with E-state index in [0.29, 0.717) is 6.04 Å². The van der Waals surface area contributed by atoms with Crippen LogP contribution in [0, 0.1) is 0 Å². The number of hydrogen-bond acceptors (Lipinski definition) is 5. The zero-order chi connectivity index (χ0) is 13.5. The number of nitrogens with zero attached hydrogens (tertiary/aromatic N) is 2. The van der Waals surface area contributed by atoms with Gasteiger partial charge in [0.25, 0.3) is 5.91 Å². The molecule has 7 heteroatoms. The number of nitrogens with one attached hydrogen (secondary N) is 1. The lowest BCUT2D eigenvalue weighted by molar-refractivity contribution is 0.0939. The van der Waals surface area contributed by atoms with Crippen LogP contribution in [0.1, 0.15) is 22.5 Å². The zero-order valence-corrected chi connectivity index (χ0v) is 13.1. The molecule has 0 saturated carbocycles. The van der Waals surface area contributed by atoms with E-state index in [9.17, 15) is 4.79 Å². The summed E-state index contributed by atoms with van der Waals surface area (Å²) in [5.74, 6) is 2.35. The summed E-state index contributed by atoms with van der Waals surface area (Å²) < 4.78 is 2.05. The third-order valence-corrected chi connectivity index (χ3v) is 6.34. The third-order valence-electron chi connectivity index (χ3n) is 3.52. The lowest BCUT2D eigenvalue weighted by Gasteiger charge is -2.22. The number of thioether (sulfide) groups is 1. The molecule has 0 aromatic carbocycles. The topological polar surface area (TPSA) is 46.4 Å². The minimum absolute atomic E-state index is 0.0499. The van der Waals surface area contributed by atoms with E-state index in [-0.39, 0.29) is 5.91 Å². The highest BCUT2D eigenvalue weighted by Gasteiger charge is 2.19. The third kappa shape index (κ3) is 2.13. The first-order valence-electron chi connectivity index (χ1n) is 6.55. The van der Waals surface area contributed by atoms with Crippen molar-refractivity contribution in [3.63, 3.8) is 0 Å². The molecule has 4 rings (SSSR count). The van der Waals surface area contributed by atoms with Crippen molar-refractivity contribution in [3.8, 4) is 0 Å². The molecule has 1 amide bonds. The van der Waals surface area contributed by atoms with Crippen molar-refractivity contribution >= 4 is 55.7 Å². The smallest absolute Gasteiger partial charge is 0.261 e. The van der Waals surface area contributed by atoms with Crippen LogP contribution in [-0.2, 0) is 0 Å². The Labute approximate surface area is 128 Å². The molecule has 3 aromatic rings. The molecule has 104 valence electrons. The summed E-state index contributed by atoms with van der Waals surface area (Å²) in [4.78, 5) is 19.6. The van der Waals surface area contributed by atoms with Gasteiger partial charge in [-0.3, -0.25) is 9.20 Å². The summed E-state index contributed by atoms with van der Waals surface area (Å²) in [5.41, 5.74) is 1.04. The van der Waals surface area contributed by atoms with E-state index >= 15 is 0 Å². The average molecular weight is 323 g/mol. The van der Waals surface area contributed by atoms with Gasteiger partial charge in [0, 0.05) is 17.6 Å². The Balaban J connectivity index is 1.60. The summed E-state index contributed by atoms with van der Waals surface area (Å²) >= 11 is 5.07. The SMILES string of the molecule is O=C(NC1CCSCC1)c1cc2c(nc3sccn32)s1. The van der Waals surface area contributed by atoms with E-state index in [1.165, 1.54) is 11.3 Å². The summed E-state index contributed by atoms with van der Waals surface area (Å²) in [6.07, 6.45) is 4.16. The van der Waals surface area contributed by atoms with Gasteiger partial charge in [-0.25, -0.2) is 4.98 Å². The molecule has 1 N–H and O–H groups in total. The highest BCUT2D eigenvalue weighted by Crippen LogP contribution is 2.28. The van der Waals surface area contributed by atoms with Gasteiger partial charge >= 0.3 is 0 Å². The number of rotatable bonds is 2. The Morgan fingerprint density at radius 1 is 1.40 bits per heavy atom. The van der Waals surface area contributed by atoms with Crippen molar-refractivity contribution in [2.45, 2.75) is 18.9 Å². The van der Waals surface area contributed by atoms with Crippen LogP contribution in [0.25, 0.3) is 15.3 Å². The zero-order valence-electron chi connectivity index (χ0n) is 10.7. The van der Waals surface area contributed by atoms with Gasteiger partial charge in [0.05, 0.1) is 10.4 Å². The molecule has 1 aliphatic heterocycles. The normalized spacial score (nSPS) is 17.0. The minimum Gasteiger partial charge on any atom is -0.349 e. The first kappa shape index (κ1) is 12.7. The summed E-state index contributed by atoms with van der Waals surface area (Å²) in [6.45, 7) is 0. The molecule has 1 saturated heterocycles. The van der Waals surface area contributed by atoms with Crippen LogP contribution in [0.2, 0.25) is 0 Å².